The van der Waals surface area contributed by atoms with Gasteiger partial charge < -0.3 is 10.2 Å². The van der Waals surface area contributed by atoms with E-state index in [9.17, 15) is 10.2 Å². The molecule has 92 valence electrons. The Balaban J connectivity index is 2.94. The molecule has 0 heterocycles. The SMILES string of the molecule is CCc1cc(Br)ccc1C(O)C(O)CN=[N+]=[N-]. The monoisotopic (exact) mass is 299 g/mol. The highest BCUT2D eigenvalue weighted by molar-refractivity contribution is 9.10. The third-order valence-electron chi connectivity index (χ3n) is 2.50. The first-order chi connectivity index (χ1) is 8.10. The molecule has 0 aliphatic carbocycles. The summed E-state index contributed by atoms with van der Waals surface area (Å²) in [5, 5.41) is 22.9. The molecule has 2 N–H and O–H groups in total. The van der Waals surface area contributed by atoms with Crippen molar-refractivity contribution in [3.63, 3.8) is 0 Å². The molecule has 0 saturated carbocycles. The van der Waals surface area contributed by atoms with E-state index in [-0.39, 0.29) is 6.54 Å². The number of azide groups is 1. The van der Waals surface area contributed by atoms with Gasteiger partial charge in [0.05, 0.1) is 12.6 Å². The van der Waals surface area contributed by atoms with Crippen LogP contribution in [-0.4, -0.2) is 22.9 Å². The standard InChI is InChI=1S/C11H14BrN3O2/c1-2-7-5-8(12)3-4-9(7)11(17)10(16)6-14-15-13/h3-5,10-11,16-17H,2,6H2,1H3. The van der Waals surface area contributed by atoms with Crippen LogP contribution in [0.4, 0.5) is 0 Å². The molecule has 1 aromatic carbocycles. The van der Waals surface area contributed by atoms with Crippen molar-refractivity contribution in [2.24, 2.45) is 5.11 Å². The molecular formula is C11H14BrN3O2. The summed E-state index contributed by atoms with van der Waals surface area (Å²) in [6.45, 7) is 1.83. The normalized spacial score (nSPS) is 13.9. The highest BCUT2D eigenvalue weighted by Gasteiger charge is 2.19. The van der Waals surface area contributed by atoms with E-state index >= 15 is 0 Å². The minimum Gasteiger partial charge on any atom is -0.390 e. The Kier molecular flexibility index (Phi) is 5.44. The molecule has 5 nitrogen and oxygen atoms in total. The number of aryl methyl sites for hydroxylation is 1. The third kappa shape index (κ3) is 3.71. The van der Waals surface area contributed by atoms with Gasteiger partial charge in [-0.1, -0.05) is 34.0 Å². The number of halogens is 1. The van der Waals surface area contributed by atoms with Crippen molar-refractivity contribution in [1.82, 2.24) is 0 Å². The molecule has 1 rings (SSSR count). The summed E-state index contributed by atoms with van der Waals surface area (Å²) in [5.41, 5.74) is 9.78. The van der Waals surface area contributed by atoms with Gasteiger partial charge in [-0.25, -0.2) is 0 Å². The van der Waals surface area contributed by atoms with Gasteiger partial charge in [0.25, 0.3) is 0 Å². The van der Waals surface area contributed by atoms with Crippen molar-refractivity contribution in [3.05, 3.63) is 44.2 Å². The Morgan fingerprint density at radius 3 is 2.76 bits per heavy atom. The number of rotatable bonds is 5. The second-order valence-electron chi connectivity index (χ2n) is 3.62. The summed E-state index contributed by atoms with van der Waals surface area (Å²) in [7, 11) is 0. The van der Waals surface area contributed by atoms with Gasteiger partial charge in [0.15, 0.2) is 0 Å². The van der Waals surface area contributed by atoms with Crippen molar-refractivity contribution < 1.29 is 10.2 Å². The van der Waals surface area contributed by atoms with Crippen LogP contribution in [0, 0.1) is 0 Å². The molecule has 0 amide bonds. The van der Waals surface area contributed by atoms with Crippen LogP contribution in [-0.2, 0) is 6.42 Å². The Bertz CT molecular complexity index is 433. The van der Waals surface area contributed by atoms with E-state index in [1.807, 2.05) is 13.0 Å². The van der Waals surface area contributed by atoms with Gasteiger partial charge in [-0.05, 0) is 35.2 Å². The van der Waals surface area contributed by atoms with Gasteiger partial charge in [0.1, 0.15) is 6.10 Å². The van der Waals surface area contributed by atoms with Crippen LogP contribution in [0.3, 0.4) is 0 Å². The summed E-state index contributed by atoms with van der Waals surface area (Å²) in [4.78, 5) is 2.55. The molecule has 2 atom stereocenters. The van der Waals surface area contributed by atoms with Gasteiger partial charge in [-0.15, -0.1) is 0 Å². The van der Waals surface area contributed by atoms with Crippen molar-refractivity contribution >= 4 is 15.9 Å². The summed E-state index contributed by atoms with van der Waals surface area (Å²) < 4.78 is 0.926. The second kappa shape index (κ2) is 6.61. The lowest BCUT2D eigenvalue weighted by Crippen LogP contribution is -2.22. The topological polar surface area (TPSA) is 89.2 Å². The van der Waals surface area contributed by atoms with Crippen LogP contribution >= 0.6 is 15.9 Å². The minimum atomic E-state index is -1.09. The molecule has 1 aromatic rings. The first kappa shape index (κ1) is 14.0. The largest absolute Gasteiger partial charge is 0.390 e. The molecule has 0 radical (unpaired) electrons. The predicted molar refractivity (Wildman–Crippen MR) is 68.5 cm³/mol. The molecule has 0 fully saturated rings. The number of nitrogens with zero attached hydrogens (tertiary/aromatic N) is 3. The zero-order valence-electron chi connectivity index (χ0n) is 9.41. The smallest absolute Gasteiger partial charge is 0.105 e. The predicted octanol–water partition coefficient (Wildman–Crippen LogP) is 2.72. The molecule has 6 heteroatoms. The molecule has 17 heavy (non-hydrogen) atoms. The molecule has 0 spiro atoms. The lowest BCUT2D eigenvalue weighted by Gasteiger charge is -2.19. The number of benzene rings is 1. The van der Waals surface area contributed by atoms with Crippen LogP contribution < -0.4 is 0 Å². The quantitative estimate of drug-likeness (QED) is 0.497. The van der Waals surface area contributed by atoms with Gasteiger partial charge in [0, 0.05) is 9.38 Å². The number of aliphatic hydroxyl groups is 2. The first-order valence-electron chi connectivity index (χ1n) is 5.25. The molecule has 0 bridgehead atoms. The summed E-state index contributed by atoms with van der Waals surface area (Å²) in [5.74, 6) is 0. The Labute approximate surface area is 108 Å². The van der Waals surface area contributed by atoms with Crippen LogP contribution in [0.5, 0.6) is 0 Å². The highest BCUT2D eigenvalue weighted by Crippen LogP contribution is 2.25. The van der Waals surface area contributed by atoms with E-state index in [2.05, 4.69) is 26.0 Å². The van der Waals surface area contributed by atoms with Gasteiger partial charge >= 0.3 is 0 Å². The van der Waals surface area contributed by atoms with Crippen LogP contribution in [0.15, 0.2) is 27.8 Å². The average Bonchev–Trinajstić information content (AvgIpc) is 2.34. The molecule has 0 aromatic heterocycles. The average molecular weight is 300 g/mol. The lowest BCUT2D eigenvalue weighted by atomic mass is 9.97. The fourth-order valence-corrected chi connectivity index (χ4v) is 2.00. The van der Waals surface area contributed by atoms with Gasteiger partial charge in [-0.2, -0.15) is 0 Å². The van der Waals surface area contributed by atoms with Crippen molar-refractivity contribution in [2.75, 3.05) is 6.54 Å². The van der Waals surface area contributed by atoms with Crippen LogP contribution in [0.1, 0.15) is 24.2 Å². The Morgan fingerprint density at radius 1 is 1.47 bits per heavy atom. The van der Waals surface area contributed by atoms with E-state index < -0.39 is 12.2 Å². The maximum atomic E-state index is 9.97. The minimum absolute atomic E-state index is 0.142. The van der Waals surface area contributed by atoms with E-state index in [1.165, 1.54) is 0 Å². The fraction of sp³-hybridized carbons (Fsp3) is 0.455. The molecule has 0 aliphatic heterocycles. The molecule has 0 aliphatic rings. The molecular weight excluding hydrogens is 286 g/mol. The fourth-order valence-electron chi connectivity index (χ4n) is 1.60. The molecule has 2 unspecified atom stereocenters. The van der Waals surface area contributed by atoms with Crippen molar-refractivity contribution in [3.8, 4) is 0 Å². The van der Waals surface area contributed by atoms with E-state index in [0.29, 0.717) is 5.56 Å². The summed E-state index contributed by atoms with van der Waals surface area (Å²) >= 11 is 3.35. The zero-order valence-corrected chi connectivity index (χ0v) is 11.0. The maximum Gasteiger partial charge on any atom is 0.105 e. The van der Waals surface area contributed by atoms with Crippen molar-refractivity contribution in [1.29, 1.82) is 0 Å². The van der Waals surface area contributed by atoms with E-state index in [1.54, 1.807) is 12.1 Å². The summed E-state index contributed by atoms with van der Waals surface area (Å²) in [6, 6.07) is 5.46. The van der Waals surface area contributed by atoms with E-state index in [4.69, 9.17) is 5.53 Å². The number of aliphatic hydroxyl groups excluding tert-OH is 2. The highest BCUT2D eigenvalue weighted by atomic mass is 79.9. The van der Waals surface area contributed by atoms with Crippen molar-refractivity contribution in [2.45, 2.75) is 25.6 Å². The Hall–Kier alpha value is -1.07. The van der Waals surface area contributed by atoms with Gasteiger partial charge in [-0.3, -0.25) is 0 Å². The third-order valence-corrected chi connectivity index (χ3v) is 2.99. The maximum absolute atomic E-state index is 9.97. The van der Waals surface area contributed by atoms with Crippen LogP contribution in [0.25, 0.3) is 10.4 Å². The number of hydrogen-bond acceptors (Lipinski definition) is 3. The molecule has 0 saturated heterocycles. The Morgan fingerprint density at radius 2 is 2.18 bits per heavy atom. The first-order valence-corrected chi connectivity index (χ1v) is 6.04. The zero-order chi connectivity index (χ0) is 12.8. The number of hydrogen-bond donors (Lipinski definition) is 2. The van der Waals surface area contributed by atoms with Crippen LogP contribution in [0.2, 0.25) is 0 Å². The van der Waals surface area contributed by atoms with E-state index in [0.717, 1.165) is 16.5 Å². The second-order valence-corrected chi connectivity index (χ2v) is 4.54. The van der Waals surface area contributed by atoms with Gasteiger partial charge in [0.2, 0.25) is 0 Å². The lowest BCUT2D eigenvalue weighted by molar-refractivity contribution is 0.0239. The summed E-state index contributed by atoms with van der Waals surface area (Å²) in [6.07, 6.45) is -1.37.